The number of halogens is 2. The molecule has 0 spiro atoms. The van der Waals surface area contributed by atoms with E-state index in [0.717, 1.165) is 24.1 Å². The molecular formula is C9H14F2N2. The highest BCUT2D eigenvalue weighted by atomic mass is 19.3. The average molecular weight is 188 g/mol. The number of aryl methyl sites for hydroxylation is 1. The molecule has 0 N–H and O–H groups in total. The van der Waals surface area contributed by atoms with Crippen molar-refractivity contribution in [3.8, 4) is 0 Å². The number of rotatable bonds is 4. The average Bonchev–Trinajstić information content (AvgIpc) is 2.45. The molecule has 0 atom stereocenters. The van der Waals surface area contributed by atoms with Crippen molar-refractivity contribution in [2.24, 2.45) is 0 Å². The minimum absolute atomic E-state index is 0.289. The van der Waals surface area contributed by atoms with Crippen LogP contribution >= 0.6 is 0 Å². The van der Waals surface area contributed by atoms with Gasteiger partial charge in [-0.05, 0) is 18.4 Å². The van der Waals surface area contributed by atoms with Crippen molar-refractivity contribution in [2.75, 3.05) is 0 Å². The predicted molar refractivity (Wildman–Crippen MR) is 47.0 cm³/mol. The van der Waals surface area contributed by atoms with Gasteiger partial charge in [0.05, 0.1) is 6.20 Å². The molecule has 0 saturated heterocycles. The summed E-state index contributed by atoms with van der Waals surface area (Å²) in [4.78, 5) is 0. The molecule has 0 aliphatic rings. The van der Waals surface area contributed by atoms with Crippen LogP contribution in [0.4, 0.5) is 8.78 Å². The van der Waals surface area contributed by atoms with Crippen molar-refractivity contribution in [3.05, 3.63) is 17.5 Å². The maximum absolute atomic E-state index is 12.1. The summed E-state index contributed by atoms with van der Waals surface area (Å²) in [5.41, 5.74) is 2.01. The molecule has 1 rings (SSSR count). The van der Waals surface area contributed by atoms with Crippen LogP contribution in [-0.4, -0.2) is 16.2 Å². The van der Waals surface area contributed by atoms with Crippen molar-refractivity contribution in [1.82, 2.24) is 9.78 Å². The van der Waals surface area contributed by atoms with Crippen LogP contribution in [0.3, 0.4) is 0 Å². The minimum atomic E-state index is -2.32. The van der Waals surface area contributed by atoms with Crippen LogP contribution in [0.5, 0.6) is 0 Å². The molecule has 74 valence electrons. The van der Waals surface area contributed by atoms with Gasteiger partial charge in [-0.1, -0.05) is 13.8 Å². The van der Waals surface area contributed by atoms with Crippen LogP contribution in [0.1, 0.15) is 25.1 Å². The molecule has 0 aliphatic heterocycles. The summed E-state index contributed by atoms with van der Waals surface area (Å²) in [5, 5.41) is 3.93. The quantitative estimate of drug-likeness (QED) is 0.708. The smallest absolute Gasteiger partial charge is 0.257 e. The Labute approximate surface area is 76.6 Å². The van der Waals surface area contributed by atoms with Gasteiger partial charge in [0, 0.05) is 5.69 Å². The van der Waals surface area contributed by atoms with E-state index in [2.05, 4.69) is 5.10 Å². The predicted octanol–water partition coefficient (Wildman–Crippen LogP) is 2.27. The molecule has 13 heavy (non-hydrogen) atoms. The first-order chi connectivity index (χ1) is 6.19. The second-order valence-corrected chi connectivity index (χ2v) is 2.90. The third kappa shape index (κ3) is 2.26. The number of aromatic nitrogens is 2. The second-order valence-electron chi connectivity index (χ2n) is 2.90. The normalized spacial score (nSPS) is 11.2. The molecule has 0 amide bonds. The van der Waals surface area contributed by atoms with Crippen molar-refractivity contribution in [1.29, 1.82) is 0 Å². The summed E-state index contributed by atoms with van der Waals surface area (Å²) in [5.74, 6) is 0. The van der Waals surface area contributed by atoms with Crippen molar-refractivity contribution in [3.63, 3.8) is 0 Å². The van der Waals surface area contributed by atoms with Crippen LogP contribution in [0.25, 0.3) is 0 Å². The molecule has 0 unspecified atom stereocenters. The van der Waals surface area contributed by atoms with Gasteiger partial charge in [0.2, 0.25) is 0 Å². The summed E-state index contributed by atoms with van der Waals surface area (Å²) in [6.45, 7) is 3.67. The maximum atomic E-state index is 12.1. The van der Waals surface area contributed by atoms with Gasteiger partial charge in [-0.25, -0.2) is 8.78 Å². The Bertz CT molecular complexity index is 269. The van der Waals surface area contributed by atoms with Crippen LogP contribution in [0.15, 0.2) is 6.20 Å². The first kappa shape index (κ1) is 10.2. The highest BCUT2D eigenvalue weighted by Crippen LogP contribution is 2.11. The van der Waals surface area contributed by atoms with Gasteiger partial charge < -0.3 is 0 Å². The van der Waals surface area contributed by atoms with Crippen LogP contribution in [0, 0.1) is 0 Å². The van der Waals surface area contributed by atoms with Crippen LogP contribution < -0.4 is 0 Å². The standard InChI is InChI=1S/C9H14F2N2/c1-3-7-5-12-13(6-9(10)11)8(7)4-2/h5,9H,3-4,6H2,1-2H3. The molecule has 4 heteroatoms. The molecule has 0 radical (unpaired) electrons. The van der Waals surface area contributed by atoms with Crippen molar-refractivity contribution < 1.29 is 8.78 Å². The van der Waals surface area contributed by atoms with Crippen molar-refractivity contribution in [2.45, 2.75) is 39.7 Å². The Morgan fingerprint density at radius 3 is 2.54 bits per heavy atom. The lowest BCUT2D eigenvalue weighted by Gasteiger charge is -2.05. The van der Waals surface area contributed by atoms with Crippen LogP contribution in [0.2, 0.25) is 0 Å². The number of hydrogen-bond donors (Lipinski definition) is 0. The molecule has 2 nitrogen and oxygen atoms in total. The van der Waals surface area contributed by atoms with E-state index in [4.69, 9.17) is 0 Å². The fourth-order valence-electron chi connectivity index (χ4n) is 1.44. The lowest BCUT2D eigenvalue weighted by atomic mass is 10.1. The zero-order chi connectivity index (χ0) is 9.84. The third-order valence-corrected chi connectivity index (χ3v) is 2.06. The number of nitrogens with zero attached hydrogens (tertiary/aromatic N) is 2. The number of hydrogen-bond acceptors (Lipinski definition) is 1. The second kappa shape index (κ2) is 4.35. The first-order valence-electron chi connectivity index (χ1n) is 4.50. The Morgan fingerprint density at radius 2 is 2.08 bits per heavy atom. The summed E-state index contributed by atoms with van der Waals surface area (Å²) < 4.78 is 25.6. The Hall–Kier alpha value is -0.930. The largest absolute Gasteiger partial charge is 0.264 e. The molecule has 1 aromatic rings. The first-order valence-corrected chi connectivity index (χ1v) is 4.50. The number of alkyl halides is 2. The van der Waals surface area contributed by atoms with Gasteiger partial charge in [0.15, 0.2) is 0 Å². The van der Waals surface area contributed by atoms with E-state index in [1.807, 2.05) is 13.8 Å². The molecule has 0 fully saturated rings. The summed E-state index contributed by atoms with van der Waals surface area (Å²) >= 11 is 0. The van der Waals surface area contributed by atoms with E-state index >= 15 is 0 Å². The molecule has 0 bridgehead atoms. The molecule has 0 aliphatic carbocycles. The molecule has 1 aromatic heterocycles. The molecule has 1 heterocycles. The molecular weight excluding hydrogens is 174 g/mol. The van der Waals surface area contributed by atoms with E-state index in [1.54, 1.807) is 6.20 Å². The van der Waals surface area contributed by atoms with Gasteiger partial charge in [0.1, 0.15) is 6.54 Å². The minimum Gasteiger partial charge on any atom is -0.264 e. The third-order valence-electron chi connectivity index (χ3n) is 2.06. The molecule has 0 saturated carbocycles. The lowest BCUT2D eigenvalue weighted by molar-refractivity contribution is 0.120. The fourth-order valence-corrected chi connectivity index (χ4v) is 1.44. The zero-order valence-electron chi connectivity index (χ0n) is 7.93. The highest BCUT2D eigenvalue weighted by Gasteiger charge is 2.11. The topological polar surface area (TPSA) is 17.8 Å². The Kier molecular flexibility index (Phi) is 3.39. The summed E-state index contributed by atoms with van der Waals surface area (Å²) in [7, 11) is 0. The van der Waals surface area contributed by atoms with Gasteiger partial charge in [-0.15, -0.1) is 0 Å². The Balaban J connectivity index is 2.87. The maximum Gasteiger partial charge on any atom is 0.257 e. The monoisotopic (exact) mass is 188 g/mol. The Morgan fingerprint density at radius 1 is 1.38 bits per heavy atom. The summed E-state index contributed by atoms with van der Waals surface area (Å²) in [6.07, 6.45) is 0.971. The van der Waals surface area contributed by atoms with Gasteiger partial charge in [0.25, 0.3) is 6.43 Å². The van der Waals surface area contributed by atoms with Crippen LogP contribution in [-0.2, 0) is 19.4 Å². The van der Waals surface area contributed by atoms with Gasteiger partial charge in [-0.3, -0.25) is 4.68 Å². The van der Waals surface area contributed by atoms with E-state index in [1.165, 1.54) is 4.68 Å². The summed E-state index contributed by atoms with van der Waals surface area (Å²) in [6, 6.07) is 0. The molecule has 0 aromatic carbocycles. The highest BCUT2D eigenvalue weighted by molar-refractivity contribution is 5.17. The van der Waals surface area contributed by atoms with Crippen molar-refractivity contribution >= 4 is 0 Å². The SMILES string of the molecule is CCc1cnn(CC(F)F)c1CC. The van der Waals surface area contributed by atoms with Gasteiger partial charge in [-0.2, -0.15) is 5.10 Å². The van der Waals surface area contributed by atoms with E-state index < -0.39 is 6.43 Å². The van der Waals surface area contributed by atoms with E-state index in [9.17, 15) is 8.78 Å². The van der Waals surface area contributed by atoms with Gasteiger partial charge >= 0.3 is 0 Å². The van der Waals surface area contributed by atoms with E-state index in [-0.39, 0.29) is 6.54 Å². The zero-order valence-corrected chi connectivity index (χ0v) is 7.93. The van der Waals surface area contributed by atoms with E-state index in [0.29, 0.717) is 0 Å². The lowest BCUT2D eigenvalue weighted by Crippen LogP contribution is -2.11. The fraction of sp³-hybridized carbons (Fsp3) is 0.667.